The molecule has 0 radical (unpaired) electrons. The molecule has 6 heteroatoms. The molecule has 0 unspecified atom stereocenters. The van der Waals surface area contributed by atoms with Crippen LogP contribution in [-0.2, 0) is 7.05 Å². The molecule has 17 heavy (non-hydrogen) atoms. The normalized spacial score (nSPS) is 28.3. The number of hydrogen-bond donors (Lipinski definition) is 3. The second kappa shape index (κ2) is 4.85. The molecule has 0 saturated heterocycles. The van der Waals surface area contributed by atoms with Crippen molar-refractivity contribution >= 4 is 5.82 Å². The van der Waals surface area contributed by atoms with Crippen molar-refractivity contribution < 1.29 is 10.2 Å². The fourth-order valence-corrected chi connectivity index (χ4v) is 2.21. The number of aliphatic hydroxyl groups excluding tert-OH is 2. The summed E-state index contributed by atoms with van der Waals surface area (Å²) in [7, 11) is 1.66. The van der Waals surface area contributed by atoms with Crippen LogP contribution in [0.1, 0.15) is 12.8 Å². The zero-order valence-electron chi connectivity index (χ0n) is 9.71. The Kier molecular flexibility index (Phi) is 3.44. The van der Waals surface area contributed by atoms with Gasteiger partial charge >= 0.3 is 0 Å². The minimum atomic E-state index is -0.509. The number of hydrogen-bond acceptors (Lipinski definition) is 5. The number of aryl methyl sites for hydroxylation is 1. The lowest BCUT2D eigenvalue weighted by atomic mass is 10.1. The minimum Gasteiger partial charge on any atom is -0.396 e. The van der Waals surface area contributed by atoms with E-state index in [0.29, 0.717) is 18.7 Å². The van der Waals surface area contributed by atoms with Crippen molar-refractivity contribution in [1.29, 1.82) is 0 Å². The fraction of sp³-hybridized carbons (Fsp3) is 0.636. The minimum absolute atomic E-state index is 0.00949. The Morgan fingerprint density at radius 2 is 2.35 bits per heavy atom. The molecule has 1 aliphatic carbocycles. The van der Waals surface area contributed by atoms with Crippen molar-refractivity contribution in [3.8, 4) is 0 Å². The third kappa shape index (κ3) is 2.48. The smallest absolute Gasteiger partial charge is 0.293 e. The van der Waals surface area contributed by atoms with E-state index in [9.17, 15) is 9.90 Å². The molecule has 0 spiro atoms. The molecule has 1 heterocycles. The van der Waals surface area contributed by atoms with Crippen LogP contribution in [0, 0.1) is 5.92 Å². The van der Waals surface area contributed by atoms with Crippen LogP contribution in [0.15, 0.2) is 17.2 Å². The number of rotatable bonds is 3. The van der Waals surface area contributed by atoms with E-state index < -0.39 is 6.10 Å². The monoisotopic (exact) mass is 239 g/mol. The third-order valence-corrected chi connectivity index (χ3v) is 3.25. The molecule has 0 aliphatic heterocycles. The number of nitrogens with one attached hydrogen (secondary N) is 1. The Labute approximate surface area is 98.9 Å². The van der Waals surface area contributed by atoms with Gasteiger partial charge in [0.25, 0.3) is 5.56 Å². The van der Waals surface area contributed by atoms with E-state index in [1.807, 2.05) is 0 Å². The maximum atomic E-state index is 11.7. The topological polar surface area (TPSA) is 87.4 Å². The summed E-state index contributed by atoms with van der Waals surface area (Å²) in [5.41, 5.74) is -0.186. The van der Waals surface area contributed by atoms with Gasteiger partial charge in [0.05, 0.1) is 6.10 Å². The van der Waals surface area contributed by atoms with Crippen molar-refractivity contribution in [3.05, 3.63) is 22.7 Å². The van der Waals surface area contributed by atoms with E-state index in [2.05, 4.69) is 10.3 Å². The lowest BCUT2D eigenvalue weighted by Crippen LogP contribution is -2.27. The van der Waals surface area contributed by atoms with Crippen molar-refractivity contribution in [1.82, 2.24) is 9.55 Å². The number of nitrogens with zero attached hydrogens (tertiary/aromatic N) is 2. The second-order valence-electron chi connectivity index (χ2n) is 4.51. The summed E-state index contributed by atoms with van der Waals surface area (Å²) < 4.78 is 1.45. The molecule has 6 nitrogen and oxygen atoms in total. The Morgan fingerprint density at radius 3 is 3.00 bits per heavy atom. The quantitative estimate of drug-likeness (QED) is 0.651. The number of aromatic nitrogens is 2. The van der Waals surface area contributed by atoms with Gasteiger partial charge in [-0.15, -0.1) is 0 Å². The zero-order chi connectivity index (χ0) is 12.4. The maximum absolute atomic E-state index is 11.7. The highest BCUT2D eigenvalue weighted by Gasteiger charge is 2.32. The van der Waals surface area contributed by atoms with Crippen LogP contribution in [0.4, 0.5) is 5.82 Å². The first-order valence-electron chi connectivity index (χ1n) is 5.69. The van der Waals surface area contributed by atoms with Crippen LogP contribution in [0.25, 0.3) is 0 Å². The summed E-state index contributed by atoms with van der Waals surface area (Å²) in [5, 5.41) is 21.7. The van der Waals surface area contributed by atoms with Crippen molar-refractivity contribution in [2.24, 2.45) is 13.0 Å². The van der Waals surface area contributed by atoms with Gasteiger partial charge in [-0.3, -0.25) is 4.79 Å². The van der Waals surface area contributed by atoms with E-state index >= 15 is 0 Å². The molecule has 0 bridgehead atoms. The molecule has 2 rings (SSSR count). The highest BCUT2D eigenvalue weighted by molar-refractivity contribution is 5.32. The SMILES string of the molecule is Cn1ccnc(N[C@@H]2C[C@H](CO)[C@@H](O)C2)c1=O. The van der Waals surface area contributed by atoms with Crippen LogP contribution in [0.2, 0.25) is 0 Å². The van der Waals surface area contributed by atoms with E-state index in [0.717, 1.165) is 0 Å². The molecule has 3 atom stereocenters. The average Bonchev–Trinajstić information content (AvgIpc) is 2.65. The highest BCUT2D eigenvalue weighted by Crippen LogP contribution is 2.27. The molecule has 3 N–H and O–H groups in total. The van der Waals surface area contributed by atoms with Gasteiger partial charge in [-0.1, -0.05) is 0 Å². The van der Waals surface area contributed by atoms with Gasteiger partial charge < -0.3 is 20.1 Å². The summed E-state index contributed by atoms with van der Waals surface area (Å²) in [6.45, 7) is -0.0282. The second-order valence-corrected chi connectivity index (χ2v) is 4.51. The first-order chi connectivity index (χ1) is 8.11. The molecular formula is C11H17N3O3. The largest absolute Gasteiger partial charge is 0.396 e. The summed E-state index contributed by atoms with van der Waals surface area (Å²) in [5.74, 6) is 0.186. The summed E-state index contributed by atoms with van der Waals surface area (Å²) in [6.07, 6.45) is 3.82. The van der Waals surface area contributed by atoms with Crippen molar-refractivity contribution in [3.63, 3.8) is 0 Å². The van der Waals surface area contributed by atoms with E-state index in [1.165, 1.54) is 4.57 Å². The number of aliphatic hydroxyl groups is 2. The van der Waals surface area contributed by atoms with Crippen LogP contribution in [-0.4, -0.2) is 38.5 Å². The summed E-state index contributed by atoms with van der Waals surface area (Å²) in [4.78, 5) is 15.7. The molecular weight excluding hydrogens is 222 g/mol. The zero-order valence-corrected chi connectivity index (χ0v) is 9.71. The standard InChI is InChI=1S/C11H17N3O3/c1-14-3-2-12-10(11(14)17)13-8-4-7(6-15)9(16)5-8/h2-3,7-9,15-16H,4-6H2,1H3,(H,12,13)/t7-,8-,9+/m1/s1. The van der Waals surface area contributed by atoms with E-state index in [4.69, 9.17) is 5.11 Å². The molecule has 0 amide bonds. The number of anilines is 1. The van der Waals surface area contributed by atoms with Gasteiger partial charge in [0.15, 0.2) is 5.82 Å². The van der Waals surface area contributed by atoms with E-state index in [-0.39, 0.29) is 24.1 Å². The Morgan fingerprint density at radius 1 is 1.59 bits per heavy atom. The van der Waals surface area contributed by atoms with Crippen LogP contribution < -0.4 is 10.9 Å². The first kappa shape index (κ1) is 12.1. The molecule has 0 aromatic carbocycles. The average molecular weight is 239 g/mol. The lowest BCUT2D eigenvalue weighted by molar-refractivity contribution is 0.0908. The van der Waals surface area contributed by atoms with Gasteiger partial charge in [-0.2, -0.15) is 0 Å². The molecule has 1 aromatic rings. The third-order valence-electron chi connectivity index (χ3n) is 3.25. The van der Waals surface area contributed by atoms with Gasteiger partial charge in [0.1, 0.15) is 0 Å². The molecule has 1 saturated carbocycles. The van der Waals surface area contributed by atoms with Crippen LogP contribution >= 0.6 is 0 Å². The highest BCUT2D eigenvalue weighted by atomic mass is 16.3. The summed E-state index contributed by atoms with van der Waals surface area (Å²) >= 11 is 0. The fourth-order valence-electron chi connectivity index (χ4n) is 2.21. The molecule has 1 aromatic heterocycles. The molecule has 1 aliphatic rings. The van der Waals surface area contributed by atoms with Crippen molar-refractivity contribution in [2.45, 2.75) is 25.0 Å². The lowest BCUT2D eigenvalue weighted by Gasteiger charge is -2.12. The van der Waals surface area contributed by atoms with Gasteiger partial charge in [-0.25, -0.2) is 4.98 Å². The Hall–Kier alpha value is -1.40. The maximum Gasteiger partial charge on any atom is 0.293 e. The summed E-state index contributed by atoms with van der Waals surface area (Å²) in [6, 6.07) is -0.00949. The Bertz CT molecular complexity index is 446. The predicted molar refractivity (Wildman–Crippen MR) is 62.7 cm³/mol. The van der Waals surface area contributed by atoms with E-state index in [1.54, 1.807) is 19.4 Å². The van der Waals surface area contributed by atoms with Gasteiger partial charge in [-0.05, 0) is 12.8 Å². The first-order valence-corrected chi connectivity index (χ1v) is 5.69. The van der Waals surface area contributed by atoms with Crippen LogP contribution in [0.5, 0.6) is 0 Å². The predicted octanol–water partition coefficient (Wildman–Crippen LogP) is -0.676. The van der Waals surface area contributed by atoms with Crippen molar-refractivity contribution in [2.75, 3.05) is 11.9 Å². The molecule has 1 fully saturated rings. The Balaban J connectivity index is 2.08. The van der Waals surface area contributed by atoms with Gasteiger partial charge in [0, 0.05) is 38.0 Å². The van der Waals surface area contributed by atoms with Crippen LogP contribution in [0.3, 0.4) is 0 Å². The molecule has 94 valence electrons. The van der Waals surface area contributed by atoms with Gasteiger partial charge in [0.2, 0.25) is 0 Å².